The molecule has 112 valence electrons. The SMILES string of the molecule is Cc1ccc(CNC(=O)CC2CS(=O)(=O)CCN2)n1C. The molecule has 2 rings (SSSR count). The fraction of sp³-hybridized carbons (Fsp3) is 0.615. The van der Waals surface area contributed by atoms with Crippen molar-refractivity contribution >= 4 is 15.7 Å². The lowest BCUT2D eigenvalue weighted by molar-refractivity contribution is -0.121. The van der Waals surface area contributed by atoms with Gasteiger partial charge in [-0.3, -0.25) is 4.79 Å². The van der Waals surface area contributed by atoms with Gasteiger partial charge in [-0.25, -0.2) is 8.42 Å². The van der Waals surface area contributed by atoms with Crippen LogP contribution in [-0.2, 0) is 28.2 Å². The second kappa shape index (κ2) is 5.97. The van der Waals surface area contributed by atoms with Crippen molar-refractivity contribution in [2.75, 3.05) is 18.1 Å². The van der Waals surface area contributed by atoms with Crippen molar-refractivity contribution in [1.29, 1.82) is 0 Å². The summed E-state index contributed by atoms with van der Waals surface area (Å²) in [5, 5.41) is 5.91. The topological polar surface area (TPSA) is 80.2 Å². The zero-order valence-electron chi connectivity index (χ0n) is 11.8. The van der Waals surface area contributed by atoms with E-state index in [0.29, 0.717) is 13.1 Å². The van der Waals surface area contributed by atoms with Gasteiger partial charge in [0, 0.05) is 37.4 Å². The van der Waals surface area contributed by atoms with E-state index in [1.807, 2.05) is 30.7 Å². The summed E-state index contributed by atoms with van der Waals surface area (Å²) in [5.74, 6) is 0.0794. The predicted octanol–water partition coefficient (Wildman–Crippen LogP) is -0.274. The van der Waals surface area contributed by atoms with Gasteiger partial charge in [0.05, 0.1) is 18.1 Å². The fourth-order valence-electron chi connectivity index (χ4n) is 2.33. The lowest BCUT2D eigenvalue weighted by Crippen LogP contribution is -2.47. The molecule has 6 nitrogen and oxygen atoms in total. The number of carbonyl (C=O) groups is 1. The Labute approximate surface area is 119 Å². The third kappa shape index (κ3) is 3.83. The molecule has 0 saturated carbocycles. The second-order valence-corrected chi connectivity index (χ2v) is 7.50. The summed E-state index contributed by atoms with van der Waals surface area (Å²) in [6.07, 6.45) is 0.197. The lowest BCUT2D eigenvalue weighted by atomic mass is 10.2. The van der Waals surface area contributed by atoms with Gasteiger partial charge in [-0.1, -0.05) is 0 Å². The minimum Gasteiger partial charge on any atom is -0.350 e. The van der Waals surface area contributed by atoms with Crippen LogP contribution in [0.15, 0.2) is 12.1 Å². The Morgan fingerprint density at radius 2 is 2.25 bits per heavy atom. The monoisotopic (exact) mass is 299 g/mol. The molecule has 1 unspecified atom stereocenters. The van der Waals surface area contributed by atoms with Gasteiger partial charge in [0.1, 0.15) is 0 Å². The Kier molecular flexibility index (Phi) is 4.49. The highest BCUT2D eigenvalue weighted by molar-refractivity contribution is 7.91. The van der Waals surface area contributed by atoms with Crippen LogP contribution in [0.3, 0.4) is 0 Å². The average Bonchev–Trinajstić information content (AvgIpc) is 2.66. The molecule has 0 spiro atoms. The molecule has 2 N–H and O–H groups in total. The minimum atomic E-state index is -2.99. The molecule has 2 heterocycles. The molecule has 1 atom stereocenters. The zero-order chi connectivity index (χ0) is 14.8. The summed E-state index contributed by atoms with van der Waals surface area (Å²) >= 11 is 0. The molecular formula is C13H21N3O3S. The van der Waals surface area contributed by atoms with Crippen molar-refractivity contribution in [2.24, 2.45) is 7.05 Å². The van der Waals surface area contributed by atoms with Crippen molar-refractivity contribution in [1.82, 2.24) is 15.2 Å². The first-order valence-corrected chi connectivity index (χ1v) is 8.51. The van der Waals surface area contributed by atoms with Gasteiger partial charge >= 0.3 is 0 Å². The van der Waals surface area contributed by atoms with Crippen molar-refractivity contribution in [3.63, 3.8) is 0 Å². The van der Waals surface area contributed by atoms with E-state index in [-0.39, 0.29) is 29.9 Å². The van der Waals surface area contributed by atoms with Crippen molar-refractivity contribution in [3.8, 4) is 0 Å². The molecule has 0 radical (unpaired) electrons. The molecule has 0 bridgehead atoms. The summed E-state index contributed by atoms with van der Waals surface area (Å²) in [4.78, 5) is 11.9. The molecule has 7 heteroatoms. The van der Waals surface area contributed by atoms with E-state index in [1.165, 1.54) is 0 Å². The first-order valence-electron chi connectivity index (χ1n) is 6.69. The van der Waals surface area contributed by atoms with Crippen molar-refractivity contribution in [2.45, 2.75) is 25.9 Å². The number of sulfone groups is 1. The van der Waals surface area contributed by atoms with Crippen molar-refractivity contribution < 1.29 is 13.2 Å². The summed E-state index contributed by atoms with van der Waals surface area (Å²) in [7, 11) is -1.04. The number of carbonyl (C=O) groups excluding carboxylic acids is 1. The number of amides is 1. The molecule has 1 saturated heterocycles. The highest BCUT2D eigenvalue weighted by Gasteiger charge is 2.25. The smallest absolute Gasteiger partial charge is 0.221 e. The summed E-state index contributed by atoms with van der Waals surface area (Å²) in [5.41, 5.74) is 2.16. The average molecular weight is 299 g/mol. The Balaban J connectivity index is 1.82. The van der Waals surface area contributed by atoms with Crippen LogP contribution in [0.5, 0.6) is 0 Å². The Hall–Kier alpha value is -1.34. The molecule has 0 aromatic carbocycles. The van der Waals surface area contributed by atoms with E-state index in [4.69, 9.17) is 0 Å². The number of hydrogen-bond donors (Lipinski definition) is 2. The number of nitrogens with one attached hydrogen (secondary N) is 2. The number of aromatic nitrogens is 1. The van der Waals surface area contributed by atoms with Crippen LogP contribution < -0.4 is 10.6 Å². The van der Waals surface area contributed by atoms with Crippen LogP contribution in [0.25, 0.3) is 0 Å². The maximum Gasteiger partial charge on any atom is 0.221 e. The molecule has 1 aromatic heterocycles. The quantitative estimate of drug-likeness (QED) is 0.802. The zero-order valence-corrected chi connectivity index (χ0v) is 12.7. The van der Waals surface area contributed by atoms with E-state index in [0.717, 1.165) is 11.4 Å². The maximum atomic E-state index is 11.9. The van der Waals surface area contributed by atoms with E-state index in [1.54, 1.807) is 0 Å². The molecule has 1 aliphatic heterocycles. The molecule has 20 heavy (non-hydrogen) atoms. The summed E-state index contributed by atoms with van der Waals surface area (Å²) in [6, 6.07) is 3.69. The van der Waals surface area contributed by atoms with Gasteiger partial charge in [-0.05, 0) is 19.1 Å². The Morgan fingerprint density at radius 3 is 2.85 bits per heavy atom. The number of hydrogen-bond acceptors (Lipinski definition) is 4. The van der Waals surface area contributed by atoms with Gasteiger partial charge in [0.15, 0.2) is 9.84 Å². The van der Waals surface area contributed by atoms with Gasteiger partial charge in [-0.2, -0.15) is 0 Å². The third-order valence-corrected chi connectivity index (χ3v) is 5.41. The van der Waals surface area contributed by atoms with E-state index in [2.05, 4.69) is 10.6 Å². The normalized spacial score (nSPS) is 21.6. The molecule has 1 aliphatic rings. The highest BCUT2D eigenvalue weighted by Crippen LogP contribution is 2.07. The van der Waals surface area contributed by atoms with E-state index >= 15 is 0 Å². The second-order valence-electron chi connectivity index (χ2n) is 5.27. The highest BCUT2D eigenvalue weighted by atomic mass is 32.2. The predicted molar refractivity (Wildman–Crippen MR) is 77.1 cm³/mol. The summed E-state index contributed by atoms with van der Waals surface area (Å²) in [6.45, 7) is 2.89. The van der Waals surface area contributed by atoms with Gasteiger partial charge < -0.3 is 15.2 Å². The molecule has 1 fully saturated rings. The lowest BCUT2D eigenvalue weighted by Gasteiger charge is -2.23. The van der Waals surface area contributed by atoms with Crippen molar-refractivity contribution in [3.05, 3.63) is 23.5 Å². The third-order valence-electron chi connectivity index (χ3n) is 3.68. The number of rotatable bonds is 4. The molecule has 1 amide bonds. The number of aryl methyl sites for hydroxylation is 1. The van der Waals surface area contributed by atoms with Gasteiger partial charge in [0.2, 0.25) is 5.91 Å². The largest absolute Gasteiger partial charge is 0.350 e. The maximum absolute atomic E-state index is 11.9. The van der Waals surface area contributed by atoms with E-state index in [9.17, 15) is 13.2 Å². The first-order chi connectivity index (χ1) is 9.37. The summed E-state index contributed by atoms with van der Waals surface area (Å²) < 4.78 is 25.0. The van der Waals surface area contributed by atoms with Crippen LogP contribution in [-0.4, -0.2) is 43.0 Å². The molecular weight excluding hydrogens is 278 g/mol. The fourth-order valence-corrected chi connectivity index (χ4v) is 3.77. The van der Waals surface area contributed by atoms with Crippen LogP contribution in [0.2, 0.25) is 0 Å². The van der Waals surface area contributed by atoms with Crippen LogP contribution in [0.4, 0.5) is 0 Å². The first kappa shape index (κ1) is 15.1. The number of nitrogens with zero attached hydrogens (tertiary/aromatic N) is 1. The minimum absolute atomic E-state index is 0.0453. The van der Waals surface area contributed by atoms with E-state index < -0.39 is 9.84 Å². The Morgan fingerprint density at radius 1 is 1.50 bits per heavy atom. The van der Waals surface area contributed by atoms with Crippen LogP contribution in [0.1, 0.15) is 17.8 Å². The molecule has 1 aromatic rings. The van der Waals surface area contributed by atoms with Crippen LogP contribution >= 0.6 is 0 Å². The Bertz CT molecular complexity index is 592. The van der Waals surface area contributed by atoms with Gasteiger partial charge in [-0.15, -0.1) is 0 Å². The standard InChI is InChI=1S/C13H21N3O3S/c1-10-3-4-12(16(10)2)8-15-13(17)7-11-9-20(18,19)6-5-14-11/h3-4,11,14H,5-9H2,1-2H3,(H,15,17). The van der Waals surface area contributed by atoms with Gasteiger partial charge in [0.25, 0.3) is 0 Å². The molecule has 0 aliphatic carbocycles. The van der Waals surface area contributed by atoms with Crippen LogP contribution in [0, 0.1) is 6.92 Å².